The zero-order valence-electron chi connectivity index (χ0n) is 7.91. The minimum absolute atomic E-state index is 0.0460. The maximum absolute atomic E-state index is 11.8. The monoisotopic (exact) mass is 244 g/mol. The zero-order valence-corrected chi connectivity index (χ0v) is 9.42. The second-order valence-corrected chi connectivity index (χ2v) is 4.41. The van der Waals surface area contributed by atoms with Crippen molar-refractivity contribution in [3.05, 3.63) is 33.8 Å². The van der Waals surface area contributed by atoms with E-state index in [1.165, 1.54) is 0 Å². The summed E-state index contributed by atoms with van der Waals surface area (Å²) in [6, 6.07) is 4.98. The Kier molecular flexibility index (Phi) is 2.87. The number of hydrogen-bond acceptors (Lipinski definition) is 2. The third-order valence-corrected chi connectivity index (χ3v) is 3.10. The summed E-state index contributed by atoms with van der Waals surface area (Å²) in [7, 11) is 0. The zero-order chi connectivity index (χ0) is 11.0. The van der Waals surface area contributed by atoms with Gasteiger partial charge in [0.05, 0.1) is 10.0 Å². The molecule has 0 radical (unpaired) electrons. The quantitative estimate of drug-likeness (QED) is 0.819. The van der Waals surface area contributed by atoms with Crippen molar-refractivity contribution in [2.45, 2.75) is 6.04 Å². The number of nitrogens with zero attached hydrogens (tertiary/aromatic N) is 1. The van der Waals surface area contributed by atoms with Crippen LogP contribution in [0.1, 0.15) is 10.4 Å². The van der Waals surface area contributed by atoms with Crippen molar-refractivity contribution in [2.24, 2.45) is 5.73 Å². The van der Waals surface area contributed by atoms with Gasteiger partial charge < -0.3 is 10.6 Å². The summed E-state index contributed by atoms with van der Waals surface area (Å²) in [6.07, 6.45) is 0. The summed E-state index contributed by atoms with van der Waals surface area (Å²) in [5.74, 6) is -0.0460. The summed E-state index contributed by atoms with van der Waals surface area (Å²) in [6.45, 7) is 1.22. The number of halogens is 2. The molecular weight excluding hydrogens is 235 g/mol. The van der Waals surface area contributed by atoms with Gasteiger partial charge in [0.1, 0.15) is 0 Å². The summed E-state index contributed by atoms with van der Waals surface area (Å²) < 4.78 is 0. The molecule has 0 atom stereocenters. The SMILES string of the molecule is NC1CN(C(=O)c2ccc(Cl)c(Cl)c2)C1. The van der Waals surface area contributed by atoms with Gasteiger partial charge in [-0.05, 0) is 18.2 Å². The molecule has 5 heteroatoms. The highest BCUT2D eigenvalue weighted by Crippen LogP contribution is 2.24. The first-order valence-corrected chi connectivity index (χ1v) is 5.33. The molecule has 3 nitrogen and oxygen atoms in total. The van der Waals surface area contributed by atoms with Crippen LogP contribution in [0.4, 0.5) is 0 Å². The first kappa shape index (κ1) is 10.7. The average molecular weight is 245 g/mol. The molecule has 15 heavy (non-hydrogen) atoms. The molecule has 1 aliphatic heterocycles. The average Bonchev–Trinajstić information content (AvgIpc) is 2.16. The van der Waals surface area contributed by atoms with Gasteiger partial charge >= 0.3 is 0 Å². The van der Waals surface area contributed by atoms with Crippen LogP contribution in [-0.2, 0) is 0 Å². The van der Waals surface area contributed by atoms with Gasteiger partial charge in [0.15, 0.2) is 0 Å². The van der Waals surface area contributed by atoms with Crippen molar-refractivity contribution in [3.8, 4) is 0 Å². The molecule has 1 fully saturated rings. The lowest BCUT2D eigenvalue weighted by atomic mass is 10.1. The van der Waals surface area contributed by atoms with Crippen LogP contribution in [-0.4, -0.2) is 29.9 Å². The van der Waals surface area contributed by atoms with Crippen LogP contribution in [0.3, 0.4) is 0 Å². The fourth-order valence-electron chi connectivity index (χ4n) is 1.49. The Balaban J connectivity index is 2.16. The fraction of sp³-hybridized carbons (Fsp3) is 0.300. The molecule has 0 saturated carbocycles. The van der Waals surface area contributed by atoms with Crippen LogP contribution in [0.2, 0.25) is 10.0 Å². The second-order valence-electron chi connectivity index (χ2n) is 3.60. The Morgan fingerprint density at radius 2 is 2.00 bits per heavy atom. The molecule has 0 spiro atoms. The number of amides is 1. The molecule has 2 rings (SSSR count). The van der Waals surface area contributed by atoms with E-state index in [9.17, 15) is 4.79 Å². The summed E-state index contributed by atoms with van der Waals surface area (Å²) in [5.41, 5.74) is 6.15. The van der Waals surface area contributed by atoms with Crippen LogP contribution in [0.25, 0.3) is 0 Å². The van der Waals surface area contributed by atoms with E-state index >= 15 is 0 Å². The molecule has 0 bridgehead atoms. The maximum Gasteiger partial charge on any atom is 0.254 e. The number of benzene rings is 1. The summed E-state index contributed by atoms with van der Waals surface area (Å²) >= 11 is 11.6. The summed E-state index contributed by atoms with van der Waals surface area (Å²) in [5, 5.41) is 0.848. The molecule has 1 amide bonds. The largest absolute Gasteiger partial charge is 0.335 e. The summed E-state index contributed by atoms with van der Waals surface area (Å²) in [4.78, 5) is 13.5. The fourth-order valence-corrected chi connectivity index (χ4v) is 1.79. The molecule has 1 saturated heterocycles. The van der Waals surface area contributed by atoms with E-state index in [1.807, 2.05) is 0 Å². The van der Waals surface area contributed by atoms with Gasteiger partial charge in [-0.15, -0.1) is 0 Å². The number of carbonyl (C=O) groups excluding carboxylic acids is 1. The van der Waals surface area contributed by atoms with E-state index in [0.29, 0.717) is 28.7 Å². The van der Waals surface area contributed by atoms with Gasteiger partial charge in [-0.25, -0.2) is 0 Å². The number of likely N-dealkylation sites (tertiary alicyclic amines) is 1. The molecule has 0 unspecified atom stereocenters. The molecule has 0 aliphatic carbocycles. The highest BCUT2D eigenvalue weighted by Gasteiger charge is 2.28. The third-order valence-electron chi connectivity index (χ3n) is 2.36. The topological polar surface area (TPSA) is 46.3 Å². The smallest absolute Gasteiger partial charge is 0.254 e. The van der Waals surface area contributed by atoms with E-state index in [4.69, 9.17) is 28.9 Å². The van der Waals surface area contributed by atoms with Crippen molar-refractivity contribution >= 4 is 29.1 Å². The highest BCUT2D eigenvalue weighted by molar-refractivity contribution is 6.42. The molecule has 1 aromatic carbocycles. The Morgan fingerprint density at radius 3 is 2.53 bits per heavy atom. The van der Waals surface area contributed by atoms with E-state index in [2.05, 4.69) is 0 Å². The third kappa shape index (κ3) is 2.09. The van der Waals surface area contributed by atoms with Crippen molar-refractivity contribution in [3.63, 3.8) is 0 Å². The first-order chi connectivity index (χ1) is 7.08. The van der Waals surface area contributed by atoms with E-state index in [1.54, 1.807) is 23.1 Å². The van der Waals surface area contributed by atoms with Crippen LogP contribution in [0, 0.1) is 0 Å². The predicted octanol–water partition coefficient (Wildman–Crippen LogP) is 1.78. The normalized spacial score (nSPS) is 16.3. The van der Waals surface area contributed by atoms with Crippen LogP contribution in [0.15, 0.2) is 18.2 Å². The number of rotatable bonds is 1. The molecule has 1 aliphatic rings. The van der Waals surface area contributed by atoms with Crippen LogP contribution >= 0.6 is 23.2 Å². The van der Waals surface area contributed by atoms with Crippen LogP contribution in [0.5, 0.6) is 0 Å². The van der Waals surface area contributed by atoms with E-state index in [-0.39, 0.29) is 11.9 Å². The maximum atomic E-state index is 11.8. The van der Waals surface area contributed by atoms with Gasteiger partial charge in [-0.2, -0.15) is 0 Å². The standard InChI is InChI=1S/C10H10Cl2N2O/c11-8-2-1-6(3-9(8)12)10(15)14-4-7(13)5-14/h1-3,7H,4-5,13H2. The lowest BCUT2D eigenvalue weighted by Gasteiger charge is -2.36. The first-order valence-electron chi connectivity index (χ1n) is 4.58. The number of nitrogens with two attached hydrogens (primary N) is 1. The van der Waals surface area contributed by atoms with Gasteiger partial charge in [0.25, 0.3) is 5.91 Å². The van der Waals surface area contributed by atoms with Crippen molar-refractivity contribution < 1.29 is 4.79 Å². The molecule has 1 aromatic rings. The Morgan fingerprint density at radius 1 is 1.33 bits per heavy atom. The lowest BCUT2D eigenvalue weighted by Crippen LogP contribution is -2.57. The highest BCUT2D eigenvalue weighted by atomic mass is 35.5. The minimum atomic E-state index is -0.0460. The molecule has 80 valence electrons. The predicted molar refractivity (Wildman–Crippen MR) is 60.3 cm³/mol. The second kappa shape index (κ2) is 4.00. The molecular formula is C10H10Cl2N2O. The number of hydrogen-bond donors (Lipinski definition) is 1. The van der Waals surface area contributed by atoms with Crippen molar-refractivity contribution in [1.29, 1.82) is 0 Å². The van der Waals surface area contributed by atoms with E-state index in [0.717, 1.165) is 0 Å². The molecule has 0 aromatic heterocycles. The van der Waals surface area contributed by atoms with Crippen molar-refractivity contribution in [1.82, 2.24) is 4.90 Å². The van der Waals surface area contributed by atoms with Gasteiger partial charge in [0.2, 0.25) is 0 Å². The lowest BCUT2D eigenvalue weighted by molar-refractivity contribution is 0.0608. The van der Waals surface area contributed by atoms with Crippen molar-refractivity contribution in [2.75, 3.05) is 13.1 Å². The van der Waals surface area contributed by atoms with Gasteiger partial charge in [-0.3, -0.25) is 4.79 Å². The Bertz CT molecular complexity index is 402. The minimum Gasteiger partial charge on any atom is -0.335 e. The van der Waals surface area contributed by atoms with Gasteiger partial charge in [-0.1, -0.05) is 23.2 Å². The number of carbonyl (C=O) groups is 1. The van der Waals surface area contributed by atoms with E-state index < -0.39 is 0 Å². The van der Waals surface area contributed by atoms with Gasteiger partial charge in [0, 0.05) is 24.7 Å². The van der Waals surface area contributed by atoms with Crippen LogP contribution < -0.4 is 5.73 Å². The molecule has 2 N–H and O–H groups in total. The molecule has 1 heterocycles. The Hall–Kier alpha value is -0.770. The Labute approximate surface area is 97.8 Å².